The number of hydrogen-bond acceptors (Lipinski definition) is 16. The van der Waals surface area contributed by atoms with E-state index in [0.29, 0.717) is 90.5 Å². The average Bonchev–Trinajstić information content (AvgIpc) is 1.67. The molecule has 26 nitrogen and oxygen atoms in total. The number of carbonyl (C=O) groups excluding carboxylic acids is 11. The molecule has 0 saturated carbocycles. The molecule has 97 heavy (non-hydrogen) atoms. The number of fused-ring (bicyclic) bond motifs is 2. The van der Waals surface area contributed by atoms with E-state index in [0.717, 1.165) is 46.1 Å². The number of unbranched alkanes of at least 4 members (excludes halogenated alkanes) is 5. The van der Waals surface area contributed by atoms with Gasteiger partial charge in [-0.1, -0.05) is 68.7 Å². The number of halogens is 2. The van der Waals surface area contributed by atoms with E-state index in [1.54, 1.807) is 80.1 Å². The van der Waals surface area contributed by atoms with Crippen molar-refractivity contribution in [3.63, 3.8) is 0 Å². The van der Waals surface area contributed by atoms with E-state index in [1.807, 2.05) is 6.07 Å². The number of anilines is 1. The van der Waals surface area contributed by atoms with Crippen molar-refractivity contribution in [3.8, 4) is 22.6 Å². The highest BCUT2D eigenvalue weighted by molar-refractivity contribution is 6.25. The first kappa shape index (κ1) is 70.6. The number of imide groups is 3. The number of nitrogens with zero attached hydrogens (tertiary/aromatic N) is 4. The zero-order chi connectivity index (χ0) is 69.3. The van der Waals surface area contributed by atoms with Crippen LogP contribution < -0.4 is 53.2 Å². The highest BCUT2D eigenvalue weighted by Crippen LogP contribution is 2.40. The Balaban J connectivity index is 0.751. The SMILES string of the molecule is CCCCCC(N)(NCCCCNc1cccc2c1C(=O)N(C1CCC(=O)N(CNC(=O)CNC(=O)[C@H](Cc3ccccc3)NC(=O)CNC(=O)CNC(=O)CCCCCN3C(=O)C=CC3=O)C1=O)C2=O)c1ccc(Oc2ccc(F)cc2F)c(-c2cn(C)c(=O)c3[nH]ccc23)c1. The minimum atomic E-state index is -1.40. The Morgan fingerprint density at radius 2 is 1.42 bits per heavy atom. The second-order valence-corrected chi connectivity index (χ2v) is 23.8. The molecular weight excluding hydrogens is 1260 g/mol. The smallest absolute Gasteiger partial charge is 0.274 e. The second-order valence-electron chi connectivity index (χ2n) is 23.8. The quantitative estimate of drug-likeness (QED) is 0.0152. The van der Waals surface area contributed by atoms with Crippen LogP contribution in [0.4, 0.5) is 14.5 Å². The third-order valence-electron chi connectivity index (χ3n) is 16.9. The summed E-state index contributed by atoms with van der Waals surface area (Å²) in [4.78, 5) is 163. The van der Waals surface area contributed by atoms with Gasteiger partial charge in [0, 0.05) is 92.2 Å². The first-order valence-corrected chi connectivity index (χ1v) is 32.2. The minimum absolute atomic E-state index is 0.0275. The standard InChI is InChI=1S/C69H77F2N13O13/c1-3-4-10-29-69(72,43-20-23-53(97-54-24-21-44(70)36-49(54)71)47(35-43)48-40-81(2)68(96)63-45(48)28-32-74-63)79-31-12-11-30-73-50-18-14-17-46-62(50)67(95)84(65(46)93)52-22-25-61(91)83(66(52)94)41-78-57(87)38-77-64(92)51(34-42-15-7-5-8-16-42)80-58(88)39-76-56(86)37-75-55(85)19-9-6-13-33-82-59(89)26-27-60(82)90/h5,7-8,14-18,20-21,23-24,26-28,32,35-36,40,51-52,73-74,79H,3-4,6,9-13,19,22,25,29-31,33-34,37-39,41,72H2,1-2H3,(H,75,85)(H,76,86)(H,77,92)(H,78,87)(H,80,88)/t51-,52?,69?/m0/s1. The summed E-state index contributed by atoms with van der Waals surface area (Å²) in [5.74, 6) is -9.01. The lowest BCUT2D eigenvalue weighted by Gasteiger charge is -2.34. The van der Waals surface area contributed by atoms with Crippen molar-refractivity contribution < 1.29 is 66.3 Å². The van der Waals surface area contributed by atoms with E-state index in [1.165, 1.54) is 28.9 Å². The van der Waals surface area contributed by atoms with Gasteiger partial charge < -0.3 is 51.9 Å². The monoisotopic (exact) mass is 1330 g/mol. The molecule has 4 aromatic carbocycles. The van der Waals surface area contributed by atoms with Gasteiger partial charge in [-0.3, -0.25) is 77.6 Å². The molecular formula is C69H77F2N13O13. The molecule has 0 spiro atoms. The van der Waals surface area contributed by atoms with Crippen LogP contribution in [0.5, 0.6) is 11.5 Å². The van der Waals surface area contributed by atoms with Gasteiger partial charge in [-0.2, -0.15) is 0 Å². The summed E-state index contributed by atoms with van der Waals surface area (Å²) in [5, 5.41) is 19.7. The third kappa shape index (κ3) is 17.6. The zero-order valence-electron chi connectivity index (χ0n) is 53.7. The highest BCUT2D eigenvalue weighted by Gasteiger charge is 2.48. The molecule has 10 N–H and O–H groups in total. The van der Waals surface area contributed by atoms with Crippen molar-refractivity contribution in [1.82, 2.24) is 56.2 Å². The molecule has 9 rings (SSSR count). The molecule has 3 aliphatic rings. The number of rotatable bonds is 34. The van der Waals surface area contributed by atoms with Crippen molar-refractivity contribution in [2.75, 3.05) is 51.3 Å². The van der Waals surface area contributed by atoms with E-state index in [4.69, 9.17) is 10.5 Å². The fraction of sp³-hybridized carbons (Fsp3) is 0.362. The van der Waals surface area contributed by atoms with Crippen molar-refractivity contribution in [2.24, 2.45) is 12.8 Å². The van der Waals surface area contributed by atoms with Crippen LogP contribution in [0.25, 0.3) is 22.0 Å². The van der Waals surface area contributed by atoms with Crippen molar-refractivity contribution in [1.29, 1.82) is 0 Å². The molecule has 5 heterocycles. The largest absolute Gasteiger partial charge is 0.454 e. The molecule has 3 atom stereocenters. The number of likely N-dealkylation sites (tertiary alicyclic amines) is 1. The van der Waals surface area contributed by atoms with E-state index in [2.05, 4.69) is 49.1 Å². The summed E-state index contributed by atoms with van der Waals surface area (Å²) in [6.45, 7) is 0.746. The molecule has 11 amide bonds. The lowest BCUT2D eigenvalue weighted by molar-refractivity contribution is -0.152. The number of nitrogens with one attached hydrogen (secondary N) is 8. The van der Waals surface area contributed by atoms with Crippen LogP contribution in [-0.4, -0.2) is 147 Å². The number of pyridine rings is 1. The topological polar surface area (TPSA) is 355 Å². The molecule has 2 aromatic heterocycles. The molecule has 1 saturated heterocycles. The number of H-pyrrole nitrogens is 1. The average molecular weight is 1330 g/mol. The van der Waals surface area contributed by atoms with Gasteiger partial charge in [0.25, 0.3) is 35.1 Å². The Kier molecular flexibility index (Phi) is 23.7. The van der Waals surface area contributed by atoms with Gasteiger partial charge in [0.1, 0.15) is 35.8 Å². The number of aromatic amines is 1. The van der Waals surface area contributed by atoms with Crippen LogP contribution >= 0.6 is 0 Å². The minimum Gasteiger partial charge on any atom is -0.454 e. The molecule has 0 bridgehead atoms. The maximum atomic E-state index is 15.0. The van der Waals surface area contributed by atoms with Gasteiger partial charge in [0.15, 0.2) is 11.6 Å². The lowest BCUT2D eigenvalue weighted by atomic mass is 9.90. The molecule has 28 heteroatoms. The summed E-state index contributed by atoms with van der Waals surface area (Å²) in [5.41, 5.74) is 9.17. The fourth-order valence-electron chi connectivity index (χ4n) is 11.7. The molecule has 510 valence electrons. The molecule has 0 radical (unpaired) electrons. The highest BCUT2D eigenvalue weighted by atomic mass is 19.1. The molecule has 2 unspecified atom stereocenters. The Hall–Kier alpha value is -10.7. The van der Waals surface area contributed by atoms with Gasteiger partial charge in [-0.25, -0.2) is 8.78 Å². The van der Waals surface area contributed by atoms with Crippen LogP contribution in [0.1, 0.15) is 116 Å². The maximum absolute atomic E-state index is 15.0. The van der Waals surface area contributed by atoms with E-state index >= 15 is 4.39 Å². The van der Waals surface area contributed by atoms with Crippen molar-refractivity contribution in [2.45, 2.75) is 108 Å². The van der Waals surface area contributed by atoms with Crippen molar-refractivity contribution in [3.05, 3.63) is 160 Å². The second kappa shape index (κ2) is 32.6. The number of aromatic nitrogens is 2. The number of hydrogen-bond donors (Lipinski definition) is 9. The Morgan fingerprint density at radius 1 is 0.701 bits per heavy atom. The number of aryl methyl sites for hydroxylation is 1. The normalized spacial score (nSPS) is 15.4. The first-order valence-electron chi connectivity index (χ1n) is 32.2. The number of ether oxygens (including phenoxy) is 1. The molecule has 1 fully saturated rings. The van der Waals surface area contributed by atoms with Gasteiger partial charge in [0.2, 0.25) is 35.4 Å². The number of benzene rings is 4. The summed E-state index contributed by atoms with van der Waals surface area (Å²) < 4.78 is 36.5. The summed E-state index contributed by atoms with van der Waals surface area (Å²) in [6.07, 6.45) is 11.1. The summed E-state index contributed by atoms with van der Waals surface area (Å²) in [7, 11) is 1.62. The van der Waals surface area contributed by atoms with E-state index < -0.39 is 109 Å². The number of amides is 11. The molecule has 0 aliphatic carbocycles. The third-order valence-corrected chi connectivity index (χ3v) is 16.9. The first-order chi connectivity index (χ1) is 46.6. The number of carbonyl (C=O) groups is 11. The predicted octanol–water partition coefficient (Wildman–Crippen LogP) is 4.53. The number of nitrogens with two attached hydrogens (primary N) is 1. The Bertz CT molecular complexity index is 4080. The van der Waals surface area contributed by atoms with Crippen LogP contribution in [0, 0.1) is 11.6 Å². The Morgan fingerprint density at radius 3 is 2.19 bits per heavy atom. The Labute approximate surface area is 556 Å². The van der Waals surface area contributed by atoms with Gasteiger partial charge in [-0.15, -0.1) is 0 Å². The van der Waals surface area contributed by atoms with E-state index in [-0.39, 0.29) is 72.2 Å². The fourth-order valence-corrected chi connectivity index (χ4v) is 11.7. The molecule has 3 aliphatic heterocycles. The predicted molar refractivity (Wildman–Crippen MR) is 351 cm³/mol. The summed E-state index contributed by atoms with van der Waals surface area (Å²) >= 11 is 0. The lowest BCUT2D eigenvalue weighted by Crippen LogP contribution is -2.58. The van der Waals surface area contributed by atoms with Gasteiger partial charge in [0.05, 0.1) is 36.4 Å². The van der Waals surface area contributed by atoms with Crippen LogP contribution in [0.3, 0.4) is 0 Å². The number of piperidine rings is 1. The van der Waals surface area contributed by atoms with Crippen LogP contribution in [-0.2, 0) is 62.3 Å². The summed E-state index contributed by atoms with van der Waals surface area (Å²) in [6, 6.07) is 20.8. The van der Waals surface area contributed by atoms with Crippen molar-refractivity contribution >= 4 is 81.6 Å². The van der Waals surface area contributed by atoms with Gasteiger partial charge >= 0.3 is 0 Å². The van der Waals surface area contributed by atoms with Crippen LogP contribution in [0.15, 0.2) is 120 Å². The van der Waals surface area contributed by atoms with Gasteiger partial charge in [-0.05, 0) is 105 Å². The zero-order valence-corrected chi connectivity index (χ0v) is 53.7. The molecule has 6 aromatic rings. The van der Waals surface area contributed by atoms with Crippen LogP contribution in [0.2, 0.25) is 0 Å². The van der Waals surface area contributed by atoms with E-state index in [9.17, 15) is 61.9 Å². The maximum Gasteiger partial charge on any atom is 0.274 e.